The van der Waals surface area contributed by atoms with Crippen LogP contribution < -0.4 is 5.32 Å². The number of halogens is 1. The predicted octanol–water partition coefficient (Wildman–Crippen LogP) is 2.97. The van der Waals surface area contributed by atoms with Gasteiger partial charge in [0, 0.05) is 0 Å². The third-order valence-electron chi connectivity index (χ3n) is 2.01. The van der Waals surface area contributed by atoms with Crippen molar-refractivity contribution in [3.63, 3.8) is 0 Å². The molecule has 0 fully saturated rings. The van der Waals surface area contributed by atoms with E-state index in [-0.39, 0.29) is 5.82 Å². The Hall–Kier alpha value is -1.58. The number of esters is 1. The average molecular weight is 239 g/mol. The molecule has 4 heteroatoms. The Morgan fingerprint density at radius 2 is 1.94 bits per heavy atom. The van der Waals surface area contributed by atoms with E-state index in [2.05, 4.69) is 5.32 Å². The zero-order chi connectivity index (χ0) is 13.1. The highest BCUT2D eigenvalue weighted by molar-refractivity contribution is 5.79. The number of hydrogen-bond acceptors (Lipinski definition) is 3. The van der Waals surface area contributed by atoms with Crippen molar-refractivity contribution < 1.29 is 13.9 Å². The molecule has 1 atom stereocenters. The van der Waals surface area contributed by atoms with Gasteiger partial charge < -0.3 is 10.1 Å². The normalized spacial score (nSPS) is 13.0. The highest BCUT2D eigenvalue weighted by Crippen LogP contribution is 2.15. The van der Waals surface area contributed by atoms with Gasteiger partial charge in [-0.1, -0.05) is 12.1 Å². The van der Waals surface area contributed by atoms with E-state index in [1.165, 1.54) is 6.07 Å². The van der Waals surface area contributed by atoms with Gasteiger partial charge in [-0.3, -0.25) is 0 Å². The summed E-state index contributed by atoms with van der Waals surface area (Å²) in [5.41, 5.74) is -0.242. The molecular weight excluding hydrogens is 221 g/mol. The van der Waals surface area contributed by atoms with Crippen LogP contribution in [0.1, 0.15) is 27.7 Å². The summed E-state index contributed by atoms with van der Waals surface area (Å²) in [5, 5.41) is 2.78. The molecule has 0 amide bonds. The summed E-state index contributed by atoms with van der Waals surface area (Å²) in [7, 11) is 0. The number of carbonyl (C=O) groups excluding carboxylic acids is 1. The van der Waals surface area contributed by atoms with Crippen LogP contribution in [0.5, 0.6) is 0 Å². The van der Waals surface area contributed by atoms with E-state index in [1.54, 1.807) is 45.9 Å². The molecule has 0 saturated heterocycles. The first-order valence-corrected chi connectivity index (χ1v) is 5.53. The predicted molar refractivity (Wildman–Crippen MR) is 65.3 cm³/mol. The summed E-state index contributed by atoms with van der Waals surface area (Å²) in [6, 6.07) is 5.62. The maximum absolute atomic E-state index is 13.3. The molecule has 1 aromatic rings. The van der Waals surface area contributed by atoms with Gasteiger partial charge in [0.25, 0.3) is 0 Å². The standard InChI is InChI=1S/C13H18FNO2/c1-9(12(16)17-13(2,3)4)15-11-8-6-5-7-10(11)14/h5-9,15H,1-4H3. The number of hydrogen-bond donors (Lipinski definition) is 1. The molecule has 1 rings (SSSR count). The van der Waals surface area contributed by atoms with Crippen LogP contribution >= 0.6 is 0 Å². The summed E-state index contributed by atoms with van der Waals surface area (Å²) >= 11 is 0. The Kier molecular flexibility index (Phi) is 4.10. The maximum atomic E-state index is 13.3. The van der Waals surface area contributed by atoms with Gasteiger partial charge in [-0.25, -0.2) is 9.18 Å². The van der Waals surface area contributed by atoms with Crippen molar-refractivity contribution in [1.29, 1.82) is 0 Å². The number of nitrogens with one attached hydrogen (secondary N) is 1. The molecule has 0 aliphatic carbocycles. The second-order valence-corrected chi connectivity index (χ2v) is 4.88. The lowest BCUT2D eigenvalue weighted by molar-refractivity contribution is -0.155. The van der Waals surface area contributed by atoms with Crippen LogP contribution in [0.15, 0.2) is 24.3 Å². The van der Waals surface area contributed by atoms with Crippen LogP contribution in [0.2, 0.25) is 0 Å². The average Bonchev–Trinajstić information content (AvgIpc) is 2.18. The summed E-state index contributed by atoms with van der Waals surface area (Å²) in [4.78, 5) is 11.7. The maximum Gasteiger partial charge on any atom is 0.328 e. The van der Waals surface area contributed by atoms with Crippen molar-refractivity contribution in [1.82, 2.24) is 0 Å². The van der Waals surface area contributed by atoms with E-state index < -0.39 is 17.6 Å². The molecule has 0 radical (unpaired) electrons. The molecule has 1 aromatic carbocycles. The van der Waals surface area contributed by atoms with Crippen LogP contribution in [0.4, 0.5) is 10.1 Å². The van der Waals surface area contributed by atoms with E-state index in [4.69, 9.17) is 4.74 Å². The van der Waals surface area contributed by atoms with Gasteiger partial charge in [0.15, 0.2) is 0 Å². The van der Waals surface area contributed by atoms with Crippen molar-refractivity contribution >= 4 is 11.7 Å². The van der Waals surface area contributed by atoms with Crippen LogP contribution in [-0.4, -0.2) is 17.6 Å². The third-order valence-corrected chi connectivity index (χ3v) is 2.01. The smallest absolute Gasteiger partial charge is 0.328 e. The molecule has 0 saturated carbocycles. The quantitative estimate of drug-likeness (QED) is 0.824. The van der Waals surface area contributed by atoms with Crippen molar-refractivity contribution in [3.8, 4) is 0 Å². The zero-order valence-corrected chi connectivity index (χ0v) is 10.6. The van der Waals surface area contributed by atoms with Crippen LogP contribution in [0, 0.1) is 5.82 Å². The van der Waals surface area contributed by atoms with E-state index in [0.29, 0.717) is 5.69 Å². The number of ether oxygens (including phenoxy) is 1. The fourth-order valence-corrected chi connectivity index (χ4v) is 1.26. The molecule has 0 aliphatic heterocycles. The summed E-state index contributed by atoms with van der Waals surface area (Å²) in [6.07, 6.45) is 0. The first kappa shape index (κ1) is 13.5. The molecule has 0 aliphatic rings. The second-order valence-electron chi connectivity index (χ2n) is 4.88. The zero-order valence-electron chi connectivity index (χ0n) is 10.6. The van der Waals surface area contributed by atoms with Gasteiger partial charge >= 0.3 is 5.97 Å². The first-order valence-electron chi connectivity index (χ1n) is 5.53. The van der Waals surface area contributed by atoms with Crippen molar-refractivity contribution in [2.45, 2.75) is 39.3 Å². The van der Waals surface area contributed by atoms with Crippen molar-refractivity contribution in [2.75, 3.05) is 5.32 Å². The summed E-state index contributed by atoms with van der Waals surface area (Å²) in [6.45, 7) is 7.02. The first-order chi connectivity index (χ1) is 7.79. The molecule has 0 spiro atoms. The fraction of sp³-hybridized carbons (Fsp3) is 0.462. The molecule has 0 aromatic heterocycles. The SMILES string of the molecule is CC(Nc1ccccc1F)C(=O)OC(C)(C)C. The summed E-state index contributed by atoms with van der Waals surface area (Å²) in [5.74, 6) is -0.788. The lowest BCUT2D eigenvalue weighted by Gasteiger charge is -2.23. The van der Waals surface area contributed by atoms with Crippen LogP contribution in [0.25, 0.3) is 0 Å². The van der Waals surface area contributed by atoms with Crippen molar-refractivity contribution in [2.24, 2.45) is 0 Å². The third kappa shape index (κ3) is 4.43. The molecule has 94 valence electrons. The lowest BCUT2D eigenvalue weighted by Crippen LogP contribution is -2.34. The molecule has 1 unspecified atom stereocenters. The number of para-hydroxylation sites is 1. The fourth-order valence-electron chi connectivity index (χ4n) is 1.26. The molecular formula is C13H18FNO2. The van der Waals surface area contributed by atoms with Crippen molar-refractivity contribution in [3.05, 3.63) is 30.1 Å². The van der Waals surface area contributed by atoms with Crippen LogP contribution in [-0.2, 0) is 9.53 Å². The Labute approximate surface area is 101 Å². The van der Waals surface area contributed by atoms with Gasteiger partial charge in [-0.15, -0.1) is 0 Å². The van der Waals surface area contributed by atoms with Gasteiger partial charge in [0.1, 0.15) is 17.5 Å². The monoisotopic (exact) mass is 239 g/mol. The molecule has 3 nitrogen and oxygen atoms in total. The number of benzene rings is 1. The Morgan fingerprint density at radius 3 is 2.47 bits per heavy atom. The van der Waals surface area contributed by atoms with E-state index >= 15 is 0 Å². The van der Waals surface area contributed by atoms with E-state index in [1.807, 2.05) is 0 Å². The Morgan fingerprint density at radius 1 is 1.35 bits per heavy atom. The number of carbonyl (C=O) groups is 1. The second kappa shape index (κ2) is 5.17. The highest BCUT2D eigenvalue weighted by atomic mass is 19.1. The van der Waals surface area contributed by atoms with E-state index in [9.17, 15) is 9.18 Å². The Balaban J connectivity index is 2.64. The van der Waals surface area contributed by atoms with E-state index in [0.717, 1.165) is 0 Å². The van der Waals surface area contributed by atoms with Gasteiger partial charge in [0.05, 0.1) is 5.69 Å². The van der Waals surface area contributed by atoms with Gasteiger partial charge in [-0.05, 0) is 39.8 Å². The van der Waals surface area contributed by atoms with Crippen LogP contribution in [0.3, 0.4) is 0 Å². The molecule has 0 bridgehead atoms. The topological polar surface area (TPSA) is 38.3 Å². The molecule has 0 heterocycles. The number of anilines is 1. The summed E-state index contributed by atoms with van der Waals surface area (Å²) < 4.78 is 18.5. The number of rotatable bonds is 3. The van der Waals surface area contributed by atoms with Gasteiger partial charge in [0.2, 0.25) is 0 Å². The largest absolute Gasteiger partial charge is 0.458 e. The van der Waals surface area contributed by atoms with Gasteiger partial charge in [-0.2, -0.15) is 0 Å². The minimum atomic E-state index is -0.592. The highest BCUT2D eigenvalue weighted by Gasteiger charge is 2.22. The minimum Gasteiger partial charge on any atom is -0.458 e. The molecule has 17 heavy (non-hydrogen) atoms. The lowest BCUT2D eigenvalue weighted by atomic mass is 10.2. The Bertz CT molecular complexity index is 399. The molecule has 1 N–H and O–H groups in total. The minimum absolute atomic E-state index is 0.297.